The van der Waals surface area contributed by atoms with Crippen molar-refractivity contribution in [2.75, 3.05) is 13.2 Å². The van der Waals surface area contributed by atoms with Crippen molar-refractivity contribution in [3.8, 4) is 6.07 Å². The van der Waals surface area contributed by atoms with E-state index >= 15 is 0 Å². The largest absolute Gasteiger partial charge is 0.382 e. The first-order chi connectivity index (χ1) is 8.35. The highest BCUT2D eigenvalue weighted by Crippen LogP contribution is 2.08. The number of nitriles is 1. The lowest BCUT2D eigenvalue weighted by Gasteiger charge is -2.01. The van der Waals surface area contributed by atoms with E-state index in [2.05, 4.69) is 16.3 Å². The average Bonchev–Trinajstić information content (AvgIpc) is 2.77. The maximum absolute atomic E-state index is 8.85. The molecule has 17 heavy (non-hydrogen) atoms. The van der Waals surface area contributed by atoms with E-state index in [1.54, 1.807) is 18.3 Å². The molecule has 0 aliphatic rings. The highest BCUT2D eigenvalue weighted by molar-refractivity contribution is 5.42. The van der Waals surface area contributed by atoms with E-state index in [0.29, 0.717) is 5.56 Å². The monoisotopic (exact) mass is 230 g/mol. The Morgan fingerprint density at radius 3 is 3.06 bits per heavy atom. The van der Waals surface area contributed by atoms with Gasteiger partial charge in [0.1, 0.15) is 11.9 Å². The van der Waals surface area contributed by atoms with E-state index in [1.807, 2.05) is 11.3 Å². The van der Waals surface area contributed by atoms with Gasteiger partial charge in [-0.15, -0.1) is 10.2 Å². The van der Waals surface area contributed by atoms with Crippen LogP contribution in [-0.2, 0) is 11.2 Å². The fourth-order valence-electron chi connectivity index (χ4n) is 1.65. The Kier molecular flexibility index (Phi) is 3.68. The normalized spacial score (nSPS) is 10.6. The minimum Gasteiger partial charge on any atom is -0.382 e. The number of aryl methyl sites for hydroxylation is 1. The van der Waals surface area contributed by atoms with E-state index in [1.165, 1.54) is 0 Å². The Bertz CT molecular complexity index is 541. The van der Waals surface area contributed by atoms with Crippen LogP contribution in [-0.4, -0.2) is 27.8 Å². The molecule has 0 saturated carbocycles. The summed E-state index contributed by atoms with van der Waals surface area (Å²) in [4.78, 5) is 0. The summed E-state index contributed by atoms with van der Waals surface area (Å²) in [6.45, 7) is 3.44. The van der Waals surface area contributed by atoms with Crippen LogP contribution in [0, 0.1) is 11.3 Å². The fourth-order valence-corrected chi connectivity index (χ4v) is 1.65. The molecule has 5 nitrogen and oxygen atoms in total. The summed E-state index contributed by atoms with van der Waals surface area (Å²) in [6, 6.07) is 5.66. The van der Waals surface area contributed by atoms with Gasteiger partial charge in [-0.1, -0.05) is 0 Å². The van der Waals surface area contributed by atoms with Crippen LogP contribution in [0.2, 0.25) is 0 Å². The predicted octanol–water partition coefficient (Wildman–Crippen LogP) is 1.57. The first kappa shape index (κ1) is 11.6. The molecular weight excluding hydrogens is 216 g/mol. The third kappa shape index (κ3) is 2.60. The molecule has 2 aromatic rings. The molecule has 2 heterocycles. The van der Waals surface area contributed by atoms with Crippen molar-refractivity contribution < 1.29 is 4.74 Å². The molecule has 0 radical (unpaired) electrons. The smallest absolute Gasteiger partial charge is 0.160 e. The van der Waals surface area contributed by atoms with Gasteiger partial charge in [-0.3, -0.25) is 4.40 Å². The Hall–Kier alpha value is -1.93. The second-order valence-corrected chi connectivity index (χ2v) is 3.67. The molecule has 0 atom stereocenters. The molecule has 0 spiro atoms. The second kappa shape index (κ2) is 5.41. The van der Waals surface area contributed by atoms with Gasteiger partial charge in [0.05, 0.1) is 5.56 Å². The van der Waals surface area contributed by atoms with Crippen LogP contribution >= 0.6 is 0 Å². The van der Waals surface area contributed by atoms with E-state index in [0.717, 1.165) is 37.5 Å². The molecule has 88 valence electrons. The van der Waals surface area contributed by atoms with Gasteiger partial charge in [0.2, 0.25) is 0 Å². The van der Waals surface area contributed by atoms with E-state index in [-0.39, 0.29) is 0 Å². The zero-order chi connectivity index (χ0) is 12.1. The van der Waals surface area contributed by atoms with E-state index in [4.69, 9.17) is 10.00 Å². The van der Waals surface area contributed by atoms with Crippen molar-refractivity contribution in [2.45, 2.75) is 19.8 Å². The molecule has 0 bridgehead atoms. The Balaban J connectivity index is 2.14. The first-order valence-electron chi connectivity index (χ1n) is 5.66. The molecule has 2 aromatic heterocycles. The lowest BCUT2D eigenvalue weighted by atomic mass is 10.3. The van der Waals surface area contributed by atoms with E-state index < -0.39 is 0 Å². The summed E-state index contributed by atoms with van der Waals surface area (Å²) in [6.07, 6.45) is 3.48. The van der Waals surface area contributed by atoms with Crippen LogP contribution < -0.4 is 0 Å². The molecule has 0 aliphatic carbocycles. The summed E-state index contributed by atoms with van der Waals surface area (Å²) >= 11 is 0. The van der Waals surface area contributed by atoms with Crippen LogP contribution in [0.25, 0.3) is 5.65 Å². The molecule has 5 heteroatoms. The topological polar surface area (TPSA) is 63.2 Å². The van der Waals surface area contributed by atoms with Gasteiger partial charge in [-0.25, -0.2) is 0 Å². The molecule has 0 N–H and O–H groups in total. The van der Waals surface area contributed by atoms with Gasteiger partial charge >= 0.3 is 0 Å². The molecule has 0 saturated heterocycles. The van der Waals surface area contributed by atoms with Crippen LogP contribution in [0.15, 0.2) is 18.3 Å². The SMILES string of the molecule is CCOCCCc1nnc2ccc(C#N)cn12. The van der Waals surface area contributed by atoms with Crippen LogP contribution in [0.3, 0.4) is 0 Å². The van der Waals surface area contributed by atoms with Crippen LogP contribution in [0.1, 0.15) is 24.7 Å². The van der Waals surface area contributed by atoms with Crippen molar-refractivity contribution in [3.05, 3.63) is 29.7 Å². The number of fused-ring (bicyclic) bond motifs is 1. The summed E-state index contributed by atoms with van der Waals surface area (Å²) < 4.78 is 7.14. The third-order valence-corrected chi connectivity index (χ3v) is 2.50. The average molecular weight is 230 g/mol. The molecule has 0 unspecified atom stereocenters. The number of aromatic nitrogens is 3. The highest BCUT2D eigenvalue weighted by Gasteiger charge is 2.05. The van der Waals surface area contributed by atoms with Crippen molar-refractivity contribution >= 4 is 5.65 Å². The maximum Gasteiger partial charge on any atom is 0.160 e. The molecule has 0 aromatic carbocycles. The molecule has 2 rings (SSSR count). The molecule has 0 aliphatic heterocycles. The number of hydrogen-bond acceptors (Lipinski definition) is 4. The minimum absolute atomic E-state index is 0.614. The number of hydrogen-bond donors (Lipinski definition) is 0. The van der Waals surface area contributed by atoms with Gasteiger partial charge in [0.15, 0.2) is 5.65 Å². The Morgan fingerprint density at radius 1 is 1.41 bits per heavy atom. The summed E-state index contributed by atoms with van der Waals surface area (Å²) in [5.41, 5.74) is 1.39. The predicted molar refractivity (Wildman–Crippen MR) is 62.5 cm³/mol. The standard InChI is InChI=1S/C12H14N4O/c1-2-17-7-3-4-11-14-15-12-6-5-10(8-13)9-16(11)12/h5-6,9H,2-4,7H2,1H3. The highest BCUT2D eigenvalue weighted by atomic mass is 16.5. The van der Waals surface area contributed by atoms with Crippen molar-refractivity contribution in [1.29, 1.82) is 5.26 Å². The summed E-state index contributed by atoms with van der Waals surface area (Å²) in [5.74, 6) is 0.872. The summed E-state index contributed by atoms with van der Waals surface area (Å²) in [5, 5.41) is 17.0. The Labute approximate surface area is 99.7 Å². The van der Waals surface area contributed by atoms with Gasteiger partial charge in [-0.05, 0) is 25.5 Å². The molecule has 0 amide bonds. The number of nitrogens with zero attached hydrogens (tertiary/aromatic N) is 4. The van der Waals surface area contributed by atoms with Crippen molar-refractivity contribution in [1.82, 2.24) is 14.6 Å². The van der Waals surface area contributed by atoms with Gasteiger partial charge in [-0.2, -0.15) is 5.26 Å². The second-order valence-electron chi connectivity index (χ2n) is 3.67. The van der Waals surface area contributed by atoms with Crippen LogP contribution in [0.4, 0.5) is 0 Å². The number of ether oxygens (including phenoxy) is 1. The quantitative estimate of drug-likeness (QED) is 0.731. The van der Waals surface area contributed by atoms with Gasteiger partial charge in [0, 0.05) is 25.8 Å². The number of rotatable bonds is 5. The molecule has 0 fully saturated rings. The zero-order valence-electron chi connectivity index (χ0n) is 9.76. The lowest BCUT2D eigenvalue weighted by molar-refractivity contribution is 0.145. The third-order valence-electron chi connectivity index (χ3n) is 2.50. The minimum atomic E-state index is 0.614. The van der Waals surface area contributed by atoms with Crippen molar-refractivity contribution in [3.63, 3.8) is 0 Å². The van der Waals surface area contributed by atoms with Crippen molar-refractivity contribution in [2.24, 2.45) is 0 Å². The fraction of sp³-hybridized carbons (Fsp3) is 0.417. The Morgan fingerprint density at radius 2 is 2.29 bits per heavy atom. The van der Waals surface area contributed by atoms with Gasteiger partial charge in [0.25, 0.3) is 0 Å². The summed E-state index contributed by atoms with van der Waals surface area (Å²) in [7, 11) is 0. The maximum atomic E-state index is 8.85. The van der Waals surface area contributed by atoms with Crippen LogP contribution in [0.5, 0.6) is 0 Å². The zero-order valence-corrected chi connectivity index (χ0v) is 9.76. The van der Waals surface area contributed by atoms with Gasteiger partial charge < -0.3 is 4.74 Å². The first-order valence-corrected chi connectivity index (χ1v) is 5.66. The van der Waals surface area contributed by atoms with E-state index in [9.17, 15) is 0 Å². The lowest BCUT2D eigenvalue weighted by Crippen LogP contribution is -2.00. The number of pyridine rings is 1. The molecular formula is C12H14N4O.